The predicted molar refractivity (Wildman–Crippen MR) is 118 cm³/mol. The Hall–Kier alpha value is -3.84. The van der Waals surface area contributed by atoms with Crippen LogP contribution in [0.1, 0.15) is 0 Å². The highest BCUT2D eigenvalue weighted by Gasteiger charge is 2.22. The quantitative estimate of drug-likeness (QED) is 0.383. The van der Waals surface area contributed by atoms with Gasteiger partial charge in [-0.25, -0.2) is 17.4 Å². The molecule has 0 radical (unpaired) electrons. The highest BCUT2D eigenvalue weighted by atomic mass is 32.2. The molecule has 0 N–H and O–H groups in total. The van der Waals surface area contributed by atoms with Crippen molar-refractivity contribution in [1.29, 1.82) is 0 Å². The standard InChI is InChI=1S/C24H18N2O4S/c1-29-18-13-11-17(12-14-18)24-25-22(16-30-24)21-15-26(23-10-6-5-9-20(21)23)31(27,28)19-7-3-2-4-8-19/h2-16H,1H3. The molecular weight excluding hydrogens is 412 g/mol. The number of nitrogens with zero attached hydrogens (tertiary/aromatic N) is 2. The van der Waals surface area contributed by atoms with Gasteiger partial charge in [0.1, 0.15) is 17.7 Å². The maximum Gasteiger partial charge on any atom is 0.268 e. The number of aromatic nitrogens is 2. The van der Waals surface area contributed by atoms with E-state index in [0.29, 0.717) is 22.7 Å². The summed E-state index contributed by atoms with van der Waals surface area (Å²) in [5, 5.41) is 0.775. The van der Waals surface area contributed by atoms with Crippen molar-refractivity contribution in [3.05, 3.63) is 91.3 Å². The van der Waals surface area contributed by atoms with E-state index in [-0.39, 0.29) is 4.90 Å². The molecule has 0 spiro atoms. The Morgan fingerprint density at radius 2 is 1.61 bits per heavy atom. The largest absolute Gasteiger partial charge is 0.497 e. The molecule has 5 rings (SSSR count). The summed E-state index contributed by atoms with van der Waals surface area (Å²) in [6.45, 7) is 0. The van der Waals surface area contributed by atoms with E-state index in [1.54, 1.807) is 56.0 Å². The van der Waals surface area contributed by atoms with Gasteiger partial charge in [-0.15, -0.1) is 0 Å². The molecule has 3 aromatic carbocycles. The minimum atomic E-state index is -3.76. The van der Waals surface area contributed by atoms with Gasteiger partial charge in [0.05, 0.1) is 17.5 Å². The zero-order valence-electron chi connectivity index (χ0n) is 16.6. The van der Waals surface area contributed by atoms with E-state index in [2.05, 4.69) is 4.98 Å². The molecule has 5 aromatic rings. The van der Waals surface area contributed by atoms with Crippen LogP contribution in [0, 0.1) is 0 Å². The van der Waals surface area contributed by atoms with Crippen molar-refractivity contribution >= 4 is 20.9 Å². The number of hydrogen-bond acceptors (Lipinski definition) is 5. The van der Waals surface area contributed by atoms with Crippen molar-refractivity contribution in [2.24, 2.45) is 0 Å². The summed E-state index contributed by atoms with van der Waals surface area (Å²) in [5.74, 6) is 1.19. The van der Waals surface area contributed by atoms with Gasteiger partial charge >= 0.3 is 0 Å². The monoisotopic (exact) mass is 430 g/mol. The van der Waals surface area contributed by atoms with Crippen LogP contribution in [-0.2, 0) is 10.0 Å². The Bertz CT molecular complexity index is 1470. The summed E-state index contributed by atoms with van der Waals surface area (Å²) < 4.78 is 38.8. The molecule has 154 valence electrons. The lowest BCUT2D eigenvalue weighted by molar-refractivity contribution is 0.415. The van der Waals surface area contributed by atoms with Crippen LogP contribution in [0.5, 0.6) is 5.75 Å². The lowest BCUT2D eigenvalue weighted by atomic mass is 10.1. The molecule has 7 heteroatoms. The maximum absolute atomic E-state index is 13.3. The molecule has 0 atom stereocenters. The second-order valence-corrected chi connectivity index (χ2v) is 8.76. The molecule has 0 fully saturated rings. The summed E-state index contributed by atoms with van der Waals surface area (Å²) in [5.41, 5.74) is 2.62. The average molecular weight is 430 g/mol. The predicted octanol–water partition coefficient (Wildman–Crippen LogP) is 5.21. The van der Waals surface area contributed by atoms with Crippen LogP contribution in [0.3, 0.4) is 0 Å². The van der Waals surface area contributed by atoms with Gasteiger partial charge in [-0.05, 0) is 42.5 Å². The first-order valence-electron chi connectivity index (χ1n) is 9.59. The first-order chi connectivity index (χ1) is 15.1. The lowest BCUT2D eigenvalue weighted by Crippen LogP contribution is -2.11. The molecule has 0 bridgehead atoms. The van der Waals surface area contributed by atoms with Gasteiger partial charge in [-0.2, -0.15) is 0 Å². The fourth-order valence-electron chi connectivity index (χ4n) is 3.52. The van der Waals surface area contributed by atoms with Crippen LogP contribution in [0.15, 0.2) is 101 Å². The van der Waals surface area contributed by atoms with Crippen LogP contribution in [0.2, 0.25) is 0 Å². The van der Waals surface area contributed by atoms with Gasteiger partial charge in [-0.1, -0.05) is 36.4 Å². The SMILES string of the molecule is COc1ccc(-c2nc(-c3cn(S(=O)(=O)c4ccccc4)c4ccccc34)co2)cc1. The van der Waals surface area contributed by atoms with Crippen molar-refractivity contribution in [2.75, 3.05) is 7.11 Å². The van der Waals surface area contributed by atoms with E-state index in [1.165, 1.54) is 3.97 Å². The second kappa shape index (κ2) is 7.45. The van der Waals surface area contributed by atoms with Crippen molar-refractivity contribution in [1.82, 2.24) is 8.96 Å². The average Bonchev–Trinajstić information content (AvgIpc) is 3.45. The van der Waals surface area contributed by atoms with E-state index in [0.717, 1.165) is 16.7 Å². The first kappa shape index (κ1) is 19.1. The normalized spacial score (nSPS) is 11.6. The lowest BCUT2D eigenvalue weighted by Gasteiger charge is -2.07. The van der Waals surface area contributed by atoms with E-state index in [4.69, 9.17) is 9.15 Å². The summed E-state index contributed by atoms with van der Waals surface area (Å²) >= 11 is 0. The molecule has 0 aliphatic heterocycles. The van der Waals surface area contributed by atoms with Gasteiger partial charge in [-0.3, -0.25) is 0 Å². The Labute approximate surface area is 179 Å². The highest BCUT2D eigenvalue weighted by molar-refractivity contribution is 7.90. The Kier molecular flexibility index (Phi) is 4.60. The number of methoxy groups -OCH3 is 1. The van der Waals surface area contributed by atoms with Crippen LogP contribution >= 0.6 is 0 Å². The third kappa shape index (κ3) is 3.29. The first-order valence-corrected chi connectivity index (χ1v) is 11.0. The summed E-state index contributed by atoms with van der Waals surface area (Å²) in [7, 11) is -2.15. The number of rotatable bonds is 5. The van der Waals surface area contributed by atoms with E-state index < -0.39 is 10.0 Å². The number of fused-ring (bicyclic) bond motifs is 1. The minimum absolute atomic E-state index is 0.223. The Morgan fingerprint density at radius 1 is 0.903 bits per heavy atom. The van der Waals surface area contributed by atoms with Gasteiger partial charge < -0.3 is 9.15 Å². The topological polar surface area (TPSA) is 74.3 Å². The maximum atomic E-state index is 13.3. The second-order valence-electron chi connectivity index (χ2n) is 6.94. The highest BCUT2D eigenvalue weighted by Crippen LogP contribution is 2.34. The van der Waals surface area contributed by atoms with Crippen molar-refractivity contribution < 1.29 is 17.6 Å². The zero-order chi connectivity index (χ0) is 21.4. The van der Waals surface area contributed by atoms with Crippen molar-refractivity contribution in [3.63, 3.8) is 0 Å². The third-order valence-corrected chi connectivity index (χ3v) is 6.78. The fraction of sp³-hybridized carbons (Fsp3) is 0.0417. The fourth-order valence-corrected chi connectivity index (χ4v) is 4.91. The summed E-state index contributed by atoms with van der Waals surface area (Å²) in [6, 6.07) is 23.1. The van der Waals surface area contributed by atoms with Gasteiger partial charge in [0.25, 0.3) is 10.0 Å². The van der Waals surface area contributed by atoms with Crippen molar-refractivity contribution in [2.45, 2.75) is 4.90 Å². The molecule has 0 saturated carbocycles. The molecule has 6 nitrogen and oxygen atoms in total. The van der Waals surface area contributed by atoms with E-state index in [1.807, 2.05) is 42.5 Å². The zero-order valence-corrected chi connectivity index (χ0v) is 17.4. The molecule has 0 saturated heterocycles. The molecule has 0 unspecified atom stereocenters. The number of ether oxygens (including phenoxy) is 1. The number of para-hydroxylation sites is 1. The molecule has 0 amide bonds. The molecule has 2 heterocycles. The van der Waals surface area contributed by atoms with E-state index in [9.17, 15) is 8.42 Å². The Morgan fingerprint density at radius 3 is 2.35 bits per heavy atom. The van der Waals surface area contributed by atoms with Gasteiger partial charge in [0, 0.05) is 22.7 Å². The van der Waals surface area contributed by atoms with Crippen LogP contribution < -0.4 is 4.74 Å². The molecule has 0 aliphatic carbocycles. The smallest absolute Gasteiger partial charge is 0.268 e. The molecular formula is C24H18N2O4S. The van der Waals surface area contributed by atoms with Crippen LogP contribution in [-0.4, -0.2) is 24.5 Å². The molecule has 2 aromatic heterocycles. The molecule has 0 aliphatic rings. The summed E-state index contributed by atoms with van der Waals surface area (Å²) in [6.07, 6.45) is 3.14. The van der Waals surface area contributed by atoms with Crippen LogP contribution in [0.25, 0.3) is 33.6 Å². The minimum Gasteiger partial charge on any atom is -0.497 e. The number of hydrogen-bond donors (Lipinski definition) is 0. The third-order valence-electron chi connectivity index (χ3n) is 5.10. The van der Waals surface area contributed by atoms with Gasteiger partial charge in [0.2, 0.25) is 5.89 Å². The van der Waals surface area contributed by atoms with Crippen molar-refractivity contribution in [3.8, 4) is 28.5 Å². The Balaban J connectivity index is 1.63. The summed E-state index contributed by atoms with van der Waals surface area (Å²) in [4.78, 5) is 4.83. The van der Waals surface area contributed by atoms with Gasteiger partial charge in [0.15, 0.2) is 0 Å². The van der Waals surface area contributed by atoms with E-state index >= 15 is 0 Å². The number of oxazole rings is 1. The molecule has 31 heavy (non-hydrogen) atoms. The van der Waals surface area contributed by atoms with Crippen LogP contribution in [0.4, 0.5) is 0 Å². The number of benzene rings is 3.